The van der Waals surface area contributed by atoms with Crippen molar-refractivity contribution in [3.05, 3.63) is 30.1 Å². The van der Waals surface area contributed by atoms with Crippen molar-refractivity contribution in [1.29, 1.82) is 0 Å². The van der Waals surface area contributed by atoms with Crippen LogP contribution in [0, 0.1) is 5.92 Å². The van der Waals surface area contributed by atoms with Crippen molar-refractivity contribution in [3.63, 3.8) is 0 Å². The maximum atomic E-state index is 14.1. The predicted octanol–water partition coefficient (Wildman–Crippen LogP) is 1.19. The maximum Gasteiger partial charge on any atom is 0.296 e. The Kier molecular flexibility index (Phi) is 7.31. The maximum absolute atomic E-state index is 14.1. The molecule has 0 aliphatic carbocycles. The smallest absolute Gasteiger partial charge is 0.296 e. The van der Waals surface area contributed by atoms with Gasteiger partial charge in [-0.25, -0.2) is 13.8 Å². The third-order valence-electron chi connectivity index (χ3n) is 6.81. The minimum Gasteiger partial charge on any atom is -0.378 e. The highest BCUT2D eigenvalue weighted by molar-refractivity contribution is 5.87. The van der Waals surface area contributed by atoms with Crippen molar-refractivity contribution >= 4 is 34.7 Å². The molecule has 12 nitrogen and oxygen atoms in total. The number of fused-ring (bicyclic) bond motifs is 1. The minimum atomic E-state index is -2.84. The first kappa shape index (κ1) is 25.7. The van der Waals surface area contributed by atoms with E-state index in [-0.39, 0.29) is 17.8 Å². The number of para-hydroxylation sites is 2. The fourth-order valence-electron chi connectivity index (χ4n) is 4.63. The van der Waals surface area contributed by atoms with Crippen LogP contribution in [0.3, 0.4) is 0 Å². The van der Waals surface area contributed by atoms with E-state index in [1.165, 1.54) is 4.57 Å². The Bertz CT molecular complexity index is 1320. The Labute approximate surface area is 217 Å². The van der Waals surface area contributed by atoms with Gasteiger partial charge in [0.1, 0.15) is 6.04 Å². The SMILES string of the molecule is C[C@H](NC(=O)C1CCN(c2nc(N3CCOCC3)nc(-n3c(C(F)F)nc4ccccc43)n2)CC1)C(N)=O. The number of anilines is 2. The van der Waals surface area contributed by atoms with E-state index in [1.54, 1.807) is 31.2 Å². The molecule has 3 aromatic rings. The molecule has 2 aliphatic rings. The number of nitrogens with zero attached hydrogens (tertiary/aromatic N) is 7. The number of carbonyl (C=O) groups is 2. The Balaban J connectivity index is 1.47. The molecule has 1 atom stereocenters. The lowest BCUT2D eigenvalue weighted by Crippen LogP contribution is -2.47. The molecular formula is C24H29F2N9O3. The van der Waals surface area contributed by atoms with Gasteiger partial charge in [0.05, 0.1) is 24.2 Å². The van der Waals surface area contributed by atoms with E-state index in [4.69, 9.17) is 10.5 Å². The van der Waals surface area contributed by atoms with Crippen molar-refractivity contribution in [2.24, 2.45) is 11.7 Å². The molecule has 14 heteroatoms. The number of ether oxygens (including phenoxy) is 1. The molecule has 2 aliphatic heterocycles. The molecule has 0 saturated carbocycles. The summed E-state index contributed by atoms with van der Waals surface area (Å²) in [6.45, 7) is 4.56. The van der Waals surface area contributed by atoms with Gasteiger partial charge in [-0.2, -0.15) is 15.0 Å². The topological polar surface area (TPSA) is 144 Å². The van der Waals surface area contributed by atoms with E-state index in [9.17, 15) is 18.4 Å². The number of nitrogens with one attached hydrogen (secondary N) is 1. The third kappa shape index (κ3) is 5.21. The molecule has 202 valence electrons. The lowest BCUT2D eigenvalue weighted by atomic mass is 9.96. The Morgan fingerprint density at radius 3 is 2.21 bits per heavy atom. The van der Waals surface area contributed by atoms with Crippen LogP contribution in [0.15, 0.2) is 24.3 Å². The second kappa shape index (κ2) is 10.8. The van der Waals surface area contributed by atoms with Crippen LogP contribution < -0.4 is 20.9 Å². The molecule has 1 aromatic carbocycles. The van der Waals surface area contributed by atoms with Gasteiger partial charge >= 0.3 is 0 Å². The summed E-state index contributed by atoms with van der Waals surface area (Å²) in [6, 6.07) is 6.09. The summed E-state index contributed by atoms with van der Waals surface area (Å²) in [5.41, 5.74) is 6.13. The monoisotopic (exact) mass is 529 g/mol. The molecule has 5 rings (SSSR count). The summed E-state index contributed by atoms with van der Waals surface area (Å²) in [7, 11) is 0. The molecule has 2 aromatic heterocycles. The highest BCUT2D eigenvalue weighted by atomic mass is 19.3. The standard InChI is InChI=1S/C24H29F2N9O3/c1-14(19(27)36)28-21(37)15-6-8-33(9-7-15)22-30-23(34-10-12-38-13-11-34)32-24(31-22)35-17-5-3-2-4-16(17)29-20(35)18(25)26/h2-5,14-15,18H,6-13H2,1H3,(H2,27,36)(H,28,37)/t14-/m0/s1. The number of morpholine rings is 1. The van der Waals surface area contributed by atoms with Crippen LogP contribution in [-0.4, -0.2) is 81.8 Å². The number of imidazole rings is 1. The largest absolute Gasteiger partial charge is 0.378 e. The summed E-state index contributed by atoms with van der Waals surface area (Å²) in [6.07, 6.45) is -1.84. The van der Waals surface area contributed by atoms with Gasteiger partial charge in [-0.05, 0) is 31.9 Å². The molecular weight excluding hydrogens is 500 g/mol. The number of hydrogen-bond donors (Lipinski definition) is 2. The van der Waals surface area contributed by atoms with E-state index in [2.05, 4.69) is 25.3 Å². The average Bonchev–Trinajstić information content (AvgIpc) is 3.33. The molecule has 4 heterocycles. The molecule has 2 amide bonds. The summed E-state index contributed by atoms with van der Waals surface area (Å²) < 4.78 is 34.9. The van der Waals surface area contributed by atoms with Crippen molar-refractivity contribution in [2.75, 3.05) is 49.2 Å². The number of hydrogen-bond acceptors (Lipinski definition) is 9. The average molecular weight is 530 g/mol. The minimum absolute atomic E-state index is 0.0515. The molecule has 0 bridgehead atoms. The zero-order valence-electron chi connectivity index (χ0n) is 20.9. The van der Waals surface area contributed by atoms with E-state index in [0.717, 1.165) is 0 Å². The highest BCUT2D eigenvalue weighted by Gasteiger charge is 2.30. The fraction of sp³-hybridized carbons (Fsp3) is 0.500. The van der Waals surface area contributed by atoms with Gasteiger partial charge in [0, 0.05) is 32.1 Å². The van der Waals surface area contributed by atoms with Crippen LogP contribution in [0.25, 0.3) is 17.0 Å². The third-order valence-corrected chi connectivity index (χ3v) is 6.81. The van der Waals surface area contributed by atoms with Gasteiger partial charge in [0.25, 0.3) is 6.43 Å². The number of nitrogens with two attached hydrogens (primary N) is 1. The van der Waals surface area contributed by atoms with Gasteiger partial charge in [0.2, 0.25) is 29.7 Å². The molecule has 2 fully saturated rings. The van der Waals surface area contributed by atoms with E-state index in [0.29, 0.717) is 75.2 Å². The van der Waals surface area contributed by atoms with E-state index >= 15 is 0 Å². The van der Waals surface area contributed by atoms with Crippen molar-refractivity contribution in [3.8, 4) is 5.95 Å². The Hall–Kier alpha value is -3.94. The molecule has 3 N–H and O–H groups in total. The zero-order valence-corrected chi connectivity index (χ0v) is 20.9. The van der Waals surface area contributed by atoms with Crippen LogP contribution >= 0.6 is 0 Å². The first-order chi connectivity index (χ1) is 18.3. The van der Waals surface area contributed by atoms with Crippen molar-refractivity contribution in [1.82, 2.24) is 29.8 Å². The number of amides is 2. The van der Waals surface area contributed by atoms with E-state index in [1.807, 2.05) is 9.80 Å². The highest BCUT2D eigenvalue weighted by Crippen LogP contribution is 2.29. The number of alkyl halides is 2. The quantitative estimate of drug-likeness (QED) is 0.461. The first-order valence-electron chi connectivity index (χ1n) is 12.5. The van der Waals surface area contributed by atoms with Gasteiger partial charge in [-0.3, -0.25) is 14.2 Å². The van der Waals surface area contributed by atoms with Crippen LogP contribution in [0.4, 0.5) is 20.7 Å². The molecule has 0 unspecified atom stereocenters. The number of halogens is 2. The normalized spacial score (nSPS) is 17.7. The number of benzene rings is 1. The summed E-state index contributed by atoms with van der Waals surface area (Å²) in [5.74, 6) is -0.825. The number of piperidine rings is 1. The fourth-order valence-corrected chi connectivity index (χ4v) is 4.63. The second-order valence-corrected chi connectivity index (χ2v) is 9.32. The first-order valence-corrected chi connectivity index (χ1v) is 12.5. The van der Waals surface area contributed by atoms with Crippen LogP contribution in [-0.2, 0) is 14.3 Å². The van der Waals surface area contributed by atoms with Gasteiger partial charge in [-0.1, -0.05) is 12.1 Å². The molecule has 38 heavy (non-hydrogen) atoms. The van der Waals surface area contributed by atoms with Gasteiger partial charge in [0.15, 0.2) is 5.82 Å². The van der Waals surface area contributed by atoms with Gasteiger partial charge < -0.3 is 25.6 Å². The van der Waals surface area contributed by atoms with Crippen molar-refractivity contribution in [2.45, 2.75) is 32.2 Å². The van der Waals surface area contributed by atoms with Crippen LogP contribution in [0.5, 0.6) is 0 Å². The van der Waals surface area contributed by atoms with Crippen LogP contribution in [0.1, 0.15) is 32.0 Å². The summed E-state index contributed by atoms with van der Waals surface area (Å²) in [5, 5.41) is 2.64. The number of primary amides is 1. The lowest BCUT2D eigenvalue weighted by molar-refractivity contribution is -0.130. The van der Waals surface area contributed by atoms with E-state index < -0.39 is 24.2 Å². The molecule has 2 saturated heterocycles. The van der Waals surface area contributed by atoms with Crippen LogP contribution in [0.2, 0.25) is 0 Å². The predicted molar refractivity (Wildman–Crippen MR) is 134 cm³/mol. The number of aromatic nitrogens is 5. The Morgan fingerprint density at radius 2 is 1.58 bits per heavy atom. The van der Waals surface area contributed by atoms with Gasteiger partial charge in [-0.15, -0.1) is 0 Å². The zero-order chi connectivity index (χ0) is 26.8. The second-order valence-electron chi connectivity index (χ2n) is 9.32. The Morgan fingerprint density at radius 1 is 0.974 bits per heavy atom. The number of rotatable bonds is 7. The summed E-state index contributed by atoms with van der Waals surface area (Å²) in [4.78, 5) is 45.7. The lowest BCUT2D eigenvalue weighted by Gasteiger charge is -2.33. The molecule has 0 radical (unpaired) electrons. The van der Waals surface area contributed by atoms with Crippen molar-refractivity contribution < 1.29 is 23.1 Å². The number of carbonyl (C=O) groups excluding carboxylic acids is 2. The summed E-state index contributed by atoms with van der Waals surface area (Å²) >= 11 is 0. The molecule has 0 spiro atoms.